The third kappa shape index (κ3) is 2.36. The van der Waals surface area contributed by atoms with Crippen molar-refractivity contribution in [2.24, 2.45) is 0 Å². The fraction of sp³-hybridized carbons (Fsp3) is 0.250. The van der Waals surface area contributed by atoms with Crippen LogP contribution in [0.5, 0.6) is 0 Å². The van der Waals surface area contributed by atoms with Crippen LogP contribution in [0, 0.1) is 6.92 Å². The molecule has 2 aromatic carbocycles. The van der Waals surface area contributed by atoms with E-state index in [0.717, 1.165) is 19.6 Å². The van der Waals surface area contributed by atoms with Crippen molar-refractivity contribution in [3.05, 3.63) is 69.2 Å². The fourth-order valence-electron chi connectivity index (χ4n) is 2.54. The van der Waals surface area contributed by atoms with Crippen LogP contribution in [0.1, 0.15) is 22.3 Å². The Bertz CT molecular complexity index is 552. The van der Waals surface area contributed by atoms with E-state index in [1.807, 2.05) is 0 Å². The molecule has 1 nitrogen and oxygen atoms in total. The molecule has 0 amide bonds. The second-order valence-corrected chi connectivity index (χ2v) is 5.86. The summed E-state index contributed by atoms with van der Waals surface area (Å²) < 4.78 is 1.22. The van der Waals surface area contributed by atoms with E-state index in [4.69, 9.17) is 0 Å². The molecule has 0 N–H and O–H groups in total. The Morgan fingerprint density at radius 3 is 2.33 bits per heavy atom. The Kier molecular flexibility index (Phi) is 3.23. The number of halogens is 1. The average Bonchev–Trinajstić information content (AvgIpc) is 2.75. The molecule has 0 unspecified atom stereocenters. The van der Waals surface area contributed by atoms with E-state index in [2.05, 4.69) is 70.2 Å². The summed E-state index contributed by atoms with van der Waals surface area (Å²) in [6.45, 7) is 5.27. The van der Waals surface area contributed by atoms with Crippen molar-refractivity contribution in [3.8, 4) is 0 Å². The highest BCUT2D eigenvalue weighted by atomic mass is 79.9. The van der Waals surface area contributed by atoms with Crippen LogP contribution in [0.15, 0.2) is 46.9 Å². The molecule has 2 aromatic rings. The summed E-state index contributed by atoms with van der Waals surface area (Å²) in [5.74, 6) is 0. The molecule has 1 aliphatic rings. The number of aryl methyl sites for hydroxylation is 1. The minimum Gasteiger partial charge on any atom is -0.291 e. The van der Waals surface area contributed by atoms with E-state index in [-0.39, 0.29) is 0 Å². The van der Waals surface area contributed by atoms with Crippen LogP contribution in [0.25, 0.3) is 0 Å². The Hall–Kier alpha value is -1.12. The van der Waals surface area contributed by atoms with Gasteiger partial charge >= 0.3 is 0 Å². The number of benzene rings is 2. The topological polar surface area (TPSA) is 3.24 Å². The Morgan fingerprint density at radius 1 is 1.06 bits per heavy atom. The Morgan fingerprint density at radius 2 is 1.72 bits per heavy atom. The lowest BCUT2D eigenvalue weighted by molar-refractivity contribution is 0.275. The van der Waals surface area contributed by atoms with Gasteiger partial charge in [-0.3, -0.25) is 4.90 Å². The predicted molar refractivity (Wildman–Crippen MR) is 78.3 cm³/mol. The SMILES string of the molecule is Cc1ccc(CN2Cc3ccccc3C2)c(Br)c1. The zero-order chi connectivity index (χ0) is 12.5. The first kappa shape index (κ1) is 11.9. The fourth-order valence-corrected chi connectivity index (χ4v) is 3.16. The highest BCUT2D eigenvalue weighted by Gasteiger charge is 2.18. The highest BCUT2D eigenvalue weighted by Crippen LogP contribution is 2.26. The average molecular weight is 302 g/mol. The summed E-state index contributed by atoms with van der Waals surface area (Å²) in [5.41, 5.74) is 5.62. The van der Waals surface area contributed by atoms with Gasteiger partial charge in [0.05, 0.1) is 0 Å². The first-order valence-electron chi connectivity index (χ1n) is 6.26. The predicted octanol–water partition coefficient (Wildman–Crippen LogP) is 4.27. The van der Waals surface area contributed by atoms with Crippen LogP contribution in [0.2, 0.25) is 0 Å². The molecule has 0 radical (unpaired) electrons. The van der Waals surface area contributed by atoms with Crippen LogP contribution < -0.4 is 0 Å². The molecular formula is C16H16BrN. The van der Waals surface area contributed by atoms with Gasteiger partial charge in [-0.05, 0) is 35.2 Å². The third-order valence-electron chi connectivity index (χ3n) is 3.51. The number of fused-ring (bicyclic) bond motifs is 1. The highest BCUT2D eigenvalue weighted by molar-refractivity contribution is 9.10. The van der Waals surface area contributed by atoms with E-state index in [1.165, 1.54) is 26.7 Å². The molecule has 1 heterocycles. The van der Waals surface area contributed by atoms with Crippen molar-refractivity contribution in [2.45, 2.75) is 26.6 Å². The molecule has 0 saturated heterocycles. The first-order chi connectivity index (χ1) is 8.72. The minimum atomic E-state index is 1.01. The van der Waals surface area contributed by atoms with Crippen molar-refractivity contribution >= 4 is 15.9 Å². The molecule has 0 aromatic heterocycles. The Labute approximate surface area is 117 Å². The smallest absolute Gasteiger partial charge is 0.0252 e. The zero-order valence-electron chi connectivity index (χ0n) is 10.5. The largest absolute Gasteiger partial charge is 0.291 e. The maximum atomic E-state index is 3.66. The number of rotatable bonds is 2. The normalized spacial score (nSPS) is 14.8. The maximum absolute atomic E-state index is 3.66. The van der Waals surface area contributed by atoms with Crippen molar-refractivity contribution in [1.29, 1.82) is 0 Å². The summed E-state index contributed by atoms with van der Waals surface area (Å²) in [6.07, 6.45) is 0. The van der Waals surface area contributed by atoms with Crippen LogP contribution in [-0.2, 0) is 19.6 Å². The molecule has 0 atom stereocenters. The van der Waals surface area contributed by atoms with E-state index in [9.17, 15) is 0 Å². The summed E-state index contributed by atoms with van der Waals surface area (Å²) in [6, 6.07) is 15.3. The first-order valence-corrected chi connectivity index (χ1v) is 7.06. The molecule has 1 aliphatic heterocycles. The molecule has 18 heavy (non-hydrogen) atoms. The van der Waals surface area contributed by atoms with E-state index in [0.29, 0.717) is 0 Å². The molecule has 0 spiro atoms. The van der Waals surface area contributed by atoms with Crippen LogP contribution in [-0.4, -0.2) is 4.90 Å². The number of hydrogen-bond donors (Lipinski definition) is 0. The van der Waals surface area contributed by atoms with Gasteiger partial charge < -0.3 is 0 Å². The van der Waals surface area contributed by atoms with Crippen LogP contribution in [0.4, 0.5) is 0 Å². The van der Waals surface area contributed by atoms with Gasteiger partial charge in [-0.2, -0.15) is 0 Å². The monoisotopic (exact) mass is 301 g/mol. The lowest BCUT2D eigenvalue weighted by Crippen LogP contribution is -2.15. The van der Waals surface area contributed by atoms with Gasteiger partial charge in [0.2, 0.25) is 0 Å². The summed E-state index contributed by atoms with van der Waals surface area (Å²) in [5, 5.41) is 0. The van der Waals surface area contributed by atoms with Crippen molar-refractivity contribution in [3.63, 3.8) is 0 Å². The van der Waals surface area contributed by atoms with E-state index < -0.39 is 0 Å². The van der Waals surface area contributed by atoms with Crippen LogP contribution >= 0.6 is 15.9 Å². The summed E-state index contributed by atoms with van der Waals surface area (Å²) in [7, 11) is 0. The quantitative estimate of drug-likeness (QED) is 0.800. The molecular weight excluding hydrogens is 286 g/mol. The van der Waals surface area contributed by atoms with Gasteiger partial charge in [-0.15, -0.1) is 0 Å². The summed E-state index contributed by atoms with van der Waals surface area (Å²) in [4.78, 5) is 2.49. The zero-order valence-corrected chi connectivity index (χ0v) is 12.1. The van der Waals surface area contributed by atoms with Crippen LogP contribution in [0.3, 0.4) is 0 Å². The molecule has 3 rings (SSSR count). The lowest BCUT2D eigenvalue weighted by atomic mass is 10.1. The van der Waals surface area contributed by atoms with Crippen molar-refractivity contribution in [2.75, 3.05) is 0 Å². The molecule has 92 valence electrons. The van der Waals surface area contributed by atoms with E-state index >= 15 is 0 Å². The molecule has 0 fully saturated rings. The van der Waals surface area contributed by atoms with E-state index in [1.54, 1.807) is 0 Å². The lowest BCUT2D eigenvalue weighted by Gasteiger charge is -2.16. The molecule has 0 saturated carbocycles. The minimum absolute atomic E-state index is 1.01. The third-order valence-corrected chi connectivity index (χ3v) is 4.25. The maximum Gasteiger partial charge on any atom is 0.0252 e. The van der Waals surface area contributed by atoms with Gasteiger partial charge in [0.25, 0.3) is 0 Å². The summed E-state index contributed by atoms with van der Waals surface area (Å²) >= 11 is 3.66. The number of hydrogen-bond acceptors (Lipinski definition) is 1. The number of nitrogens with zero attached hydrogens (tertiary/aromatic N) is 1. The van der Waals surface area contributed by atoms with Crippen molar-refractivity contribution < 1.29 is 0 Å². The molecule has 0 bridgehead atoms. The standard InChI is InChI=1S/C16H16BrN/c1-12-6-7-15(16(17)8-12)11-18-9-13-4-2-3-5-14(13)10-18/h2-8H,9-11H2,1H3. The second-order valence-electron chi connectivity index (χ2n) is 5.01. The Balaban J connectivity index is 1.76. The molecule has 2 heteroatoms. The van der Waals surface area contributed by atoms with Gasteiger partial charge in [0, 0.05) is 24.1 Å². The van der Waals surface area contributed by atoms with Gasteiger partial charge in [-0.25, -0.2) is 0 Å². The van der Waals surface area contributed by atoms with Gasteiger partial charge in [-0.1, -0.05) is 52.3 Å². The second kappa shape index (κ2) is 4.87. The molecule has 0 aliphatic carbocycles. The van der Waals surface area contributed by atoms with Gasteiger partial charge in [0.1, 0.15) is 0 Å². The van der Waals surface area contributed by atoms with Gasteiger partial charge in [0.15, 0.2) is 0 Å². The van der Waals surface area contributed by atoms with Crippen molar-refractivity contribution in [1.82, 2.24) is 4.90 Å².